The molecule has 0 aliphatic carbocycles. The molecule has 0 unspecified atom stereocenters. The number of hydrogen-bond donors (Lipinski definition) is 0. The summed E-state index contributed by atoms with van der Waals surface area (Å²) >= 11 is 0. The first-order valence-corrected chi connectivity index (χ1v) is 15.2. The van der Waals surface area contributed by atoms with E-state index in [0.717, 1.165) is 55.6 Å². The minimum atomic E-state index is 0.602. The molecule has 46 heavy (non-hydrogen) atoms. The Kier molecular flexibility index (Phi) is 7.77. The predicted molar refractivity (Wildman–Crippen MR) is 188 cm³/mol. The van der Waals surface area contributed by atoms with Crippen molar-refractivity contribution in [3.8, 4) is 78.9 Å². The zero-order valence-electron chi connectivity index (χ0n) is 25.1. The first kappa shape index (κ1) is 28.3. The van der Waals surface area contributed by atoms with E-state index in [1.54, 1.807) is 0 Å². The number of benzene rings is 7. The molecule has 0 saturated carbocycles. The van der Waals surface area contributed by atoms with Crippen molar-refractivity contribution in [2.45, 2.75) is 0 Å². The van der Waals surface area contributed by atoms with Crippen LogP contribution in [0.25, 0.3) is 66.8 Å². The fourth-order valence-electron chi connectivity index (χ4n) is 6.08. The minimum absolute atomic E-state index is 0.602. The van der Waals surface area contributed by atoms with Crippen LogP contribution >= 0.6 is 0 Å². The van der Waals surface area contributed by atoms with Crippen LogP contribution in [-0.4, -0.2) is 0 Å². The first-order valence-electron chi connectivity index (χ1n) is 15.2. The molecule has 0 N–H and O–H groups in total. The van der Waals surface area contributed by atoms with Crippen LogP contribution in [0.15, 0.2) is 170 Å². The number of nitriles is 2. The van der Waals surface area contributed by atoms with Crippen LogP contribution in [0.4, 0.5) is 0 Å². The van der Waals surface area contributed by atoms with Gasteiger partial charge >= 0.3 is 0 Å². The highest BCUT2D eigenvalue weighted by Crippen LogP contribution is 2.36. The highest BCUT2D eigenvalue weighted by atomic mass is 14.3. The second-order valence-electron chi connectivity index (χ2n) is 11.2. The van der Waals surface area contributed by atoms with Crippen LogP contribution in [0.1, 0.15) is 11.1 Å². The molecule has 0 fully saturated rings. The molecule has 0 saturated heterocycles. The second kappa shape index (κ2) is 12.6. The minimum Gasteiger partial charge on any atom is -0.192 e. The molecular weight excluding hydrogens is 556 g/mol. The molecular formula is C44H28N2. The molecule has 0 amide bonds. The molecule has 7 rings (SSSR count). The Morgan fingerprint density at radius 2 is 0.696 bits per heavy atom. The van der Waals surface area contributed by atoms with Crippen LogP contribution < -0.4 is 0 Å². The van der Waals surface area contributed by atoms with Gasteiger partial charge in [-0.3, -0.25) is 0 Å². The maximum atomic E-state index is 10.3. The molecule has 0 aliphatic heterocycles. The highest BCUT2D eigenvalue weighted by Gasteiger charge is 2.14. The third kappa shape index (κ3) is 5.60. The van der Waals surface area contributed by atoms with E-state index in [1.807, 2.05) is 84.9 Å². The standard InChI is InChI=1S/C44H28N2/c45-29-40-27-37(36-18-8-17-35(26-36)34-16-7-15-33(25-34)31-11-3-1-4-12-31)23-24-41(40)38-19-9-20-39(28-38)43-22-10-21-42(44(43)30-46)32-13-5-2-6-14-32/h1-28H. The predicted octanol–water partition coefficient (Wildman–Crippen LogP) is 11.4. The monoisotopic (exact) mass is 584 g/mol. The van der Waals surface area contributed by atoms with Gasteiger partial charge in [-0.2, -0.15) is 10.5 Å². The van der Waals surface area contributed by atoms with Crippen molar-refractivity contribution >= 4 is 0 Å². The Bertz CT molecular complexity index is 2270. The van der Waals surface area contributed by atoms with E-state index in [0.29, 0.717) is 11.1 Å². The van der Waals surface area contributed by atoms with Gasteiger partial charge in [-0.25, -0.2) is 0 Å². The first-order chi connectivity index (χ1) is 22.7. The zero-order chi connectivity index (χ0) is 31.3. The number of rotatable bonds is 6. The van der Waals surface area contributed by atoms with Gasteiger partial charge in [0.1, 0.15) is 6.07 Å². The van der Waals surface area contributed by atoms with Crippen molar-refractivity contribution in [1.29, 1.82) is 10.5 Å². The van der Waals surface area contributed by atoms with Gasteiger partial charge in [-0.1, -0.05) is 146 Å². The van der Waals surface area contributed by atoms with Crippen LogP contribution in [-0.2, 0) is 0 Å². The lowest BCUT2D eigenvalue weighted by molar-refractivity contribution is 1.46. The topological polar surface area (TPSA) is 47.6 Å². The third-order valence-electron chi connectivity index (χ3n) is 8.38. The summed E-state index contributed by atoms with van der Waals surface area (Å²) < 4.78 is 0. The molecule has 2 heteroatoms. The quantitative estimate of drug-likeness (QED) is 0.195. The molecule has 0 atom stereocenters. The molecule has 0 aliphatic rings. The van der Waals surface area contributed by atoms with Crippen LogP contribution in [0.2, 0.25) is 0 Å². The van der Waals surface area contributed by atoms with Gasteiger partial charge in [0.2, 0.25) is 0 Å². The van der Waals surface area contributed by atoms with Gasteiger partial charge in [0.25, 0.3) is 0 Å². The van der Waals surface area contributed by atoms with E-state index in [1.165, 1.54) is 11.1 Å². The van der Waals surface area contributed by atoms with Gasteiger partial charge in [0.05, 0.1) is 17.2 Å². The summed E-state index contributed by atoms with van der Waals surface area (Å²) in [5, 5.41) is 20.5. The molecule has 0 bridgehead atoms. The summed E-state index contributed by atoms with van der Waals surface area (Å²) in [7, 11) is 0. The highest BCUT2D eigenvalue weighted by molar-refractivity contribution is 5.85. The Morgan fingerprint density at radius 3 is 1.26 bits per heavy atom. The average molecular weight is 585 g/mol. The van der Waals surface area contributed by atoms with Crippen molar-refractivity contribution in [2.75, 3.05) is 0 Å². The van der Waals surface area contributed by atoms with Crippen molar-refractivity contribution < 1.29 is 0 Å². The van der Waals surface area contributed by atoms with Gasteiger partial charge in [0.15, 0.2) is 0 Å². The molecule has 0 radical (unpaired) electrons. The van der Waals surface area contributed by atoms with Crippen molar-refractivity contribution in [3.05, 3.63) is 181 Å². The van der Waals surface area contributed by atoms with Crippen LogP contribution in [0.5, 0.6) is 0 Å². The zero-order valence-corrected chi connectivity index (χ0v) is 25.1. The molecule has 0 heterocycles. The van der Waals surface area contributed by atoms with Crippen molar-refractivity contribution in [3.63, 3.8) is 0 Å². The lowest BCUT2D eigenvalue weighted by atomic mass is 9.90. The summed E-state index contributed by atoms with van der Waals surface area (Å²) in [4.78, 5) is 0. The van der Waals surface area contributed by atoms with E-state index in [2.05, 4.69) is 97.1 Å². The van der Waals surface area contributed by atoms with Gasteiger partial charge in [0, 0.05) is 11.1 Å². The summed E-state index contributed by atoms with van der Waals surface area (Å²) in [6, 6.07) is 62.5. The van der Waals surface area contributed by atoms with Crippen molar-refractivity contribution in [1.82, 2.24) is 0 Å². The van der Waals surface area contributed by atoms with Gasteiger partial charge < -0.3 is 0 Å². The average Bonchev–Trinajstić information content (AvgIpc) is 3.15. The molecule has 7 aromatic rings. The largest absolute Gasteiger partial charge is 0.192 e. The summed E-state index contributed by atoms with van der Waals surface area (Å²) in [6.07, 6.45) is 0. The summed E-state index contributed by atoms with van der Waals surface area (Å²) in [6.45, 7) is 0. The van der Waals surface area contributed by atoms with Crippen LogP contribution in [0, 0.1) is 22.7 Å². The van der Waals surface area contributed by atoms with E-state index >= 15 is 0 Å². The smallest absolute Gasteiger partial charge is 0.100 e. The second-order valence-corrected chi connectivity index (χ2v) is 11.2. The SMILES string of the molecule is N#Cc1cc(-c2cccc(-c3cccc(-c4ccccc4)c3)c2)ccc1-c1cccc(-c2cccc(-c3ccccc3)c2C#N)c1. The van der Waals surface area contributed by atoms with Gasteiger partial charge in [-0.05, 0) is 79.9 Å². The Hall–Kier alpha value is -6.48. The Balaban J connectivity index is 1.23. The van der Waals surface area contributed by atoms with Gasteiger partial charge in [-0.15, -0.1) is 0 Å². The van der Waals surface area contributed by atoms with E-state index in [9.17, 15) is 10.5 Å². The number of nitrogens with zero attached hydrogens (tertiary/aromatic N) is 2. The fraction of sp³-hybridized carbons (Fsp3) is 0. The molecule has 0 aromatic heterocycles. The third-order valence-corrected chi connectivity index (χ3v) is 8.38. The molecule has 2 nitrogen and oxygen atoms in total. The Labute approximate surface area is 269 Å². The van der Waals surface area contributed by atoms with Crippen LogP contribution in [0.3, 0.4) is 0 Å². The number of hydrogen-bond acceptors (Lipinski definition) is 2. The summed E-state index contributed by atoms with van der Waals surface area (Å²) in [5.41, 5.74) is 13.4. The summed E-state index contributed by atoms with van der Waals surface area (Å²) in [5.74, 6) is 0. The lowest BCUT2D eigenvalue weighted by Crippen LogP contribution is -1.91. The lowest BCUT2D eigenvalue weighted by Gasteiger charge is -2.13. The van der Waals surface area contributed by atoms with Crippen molar-refractivity contribution in [2.24, 2.45) is 0 Å². The van der Waals surface area contributed by atoms with E-state index in [-0.39, 0.29) is 0 Å². The normalized spacial score (nSPS) is 10.6. The molecule has 214 valence electrons. The fourth-order valence-corrected chi connectivity index (χ4v) is 6.08. The molecule has 7 aromatic carbocycles. The Morgan fingerprint density at radius 1 is 0.283 bits per heavy atom. The van der Waals surface area contributed by atoms with E-state index in [4.69, 9.17) is 0 Å². The maximum absolute atomic E-state index is 10.3. The van der Waals surface area contributed by atoms with E-state index < -0.39 is 0 Å². The molecule has 0 spiro atoms. The maximum Gasteiger partial charge on any atom is 0.100 e.